The van der Waals surface area contributed by atoms with Gasteiger partial charge in [0.2, 0.25) is 0 Å². The summed E-state index contributed by atoms with van der Waals surface area (Å²) >= 11 is 6.23. The number of hydrogen-bond acceptors (Lipinski definition) is 2. The van der Waals surface area contributed by atoms with E-state index in [1.807, 2.05) is 42.5 Å². The molecule has 0 unspecified atom stereocenters. The van der Waals surface area contributed by atoms with E-state index in [9.17, 15) is 0 Å². The Bertz CT molecular complexity index is 1050. The minimum atomic E-state index is 0.521. The molecule has 0 aliphatic heterocycles. The number of aliphatic imine (C=N–C) groups is 1. The normalized spacial score (nSPS) is 10.7. The number of pyridine rings is 1. The average molecular weight is 357 g/mol. The van der Waals surface area contributed by atoms with Crippen molar-refractivity contribution in [3.05, 3.63) is 107 Å². The van der Waals surface area contributed by atoms with Crippen LogP contribution in [0.25, 0.3) is 10.8 Å². The quantitative estimate of drug-likeness (QED) is 0.309. The zero-order valence-electron chi connectivity index (χ0n) is 14.4. The molecule has 0 atom stereocenters. The third-order valence-corrected chi connectivity index (χ3v) is 4.66. The molecular formula is C23H17ClN2. The van der Waals surface area contributed by atoms with Crippen LogP contribution in [-0.2, 0) is 0 Å². The fraction of sp³-hybridized carbons (Fsp3) is 0.0435. The Labute approximate surface area is 157 Å². The summed E-state index contributed by atoms with van der Waals surface area (Å²) in [5, 5.41) is 2.51. The molecule has 0 amide bonds. The molecule has 0 aliphatic carbocycles. The van der Waals surface area contributed by atoms with Gasteiger partial charge >= 0.3 is 0 Å². The zero-order valence-corrected chi connectivity index (χ0v) is 15.1. The van der Waals surface area contributed by atoms with Crippen LogP contribution in [0, 0.1) is 6.92 Å². The first-order valence-electron chi connectivity index (χ1n) is 8.47. The predicted molar refractivity (Wildman–Crippen MR) is 110 cm³/mol. The first kappa shape index (κ1) is 16.5. The molecule has 126 valence electrons. The number of aryl methyl sites for hydroxylation is 1. The maximum absolute atomic E-state index is 6.23. The molecule has 4 rings (SSSR count). The number of hydrogen-bond donors (Lipinski definition) is 0. The van der Waals surface area contributed by atoms with Gasteiger partial charge in [0, 0.05) is 22.7 Å². The highest BCUT2D eigenvalue weighted by Crippen LogP contribution is 2.30. The summed E-state index contributed by atoms with van der Waals surface area (Å²) in [4.78, 5) is 9.20. The molecule has 0 spiro atoms. The summed E-state index contributed by atoms with van der Waals surface area (Å²) in [6, 6.07) is 26.6. The molecule has 2 nitrogen and oxygen atoms in total. The lowest BCUT2D eigenvalue weighted by atomic mass is 10.0. The minimum absolute atomic E-state index is 0.521. The molecular weight excluding hydrogens is 340 g/mol. The van der Waals surface area contributed by atoms with E-state index in [-0.39, 0.29) is 0 Å². The van der Waals surface area contributed by atoms with Gasteiger partial charge in [0.15, 0.2) is 0 Å². The van der Waals surface area contributed by atoms with Crippen LogP contribution in [0.4, 0.5) is 5.69 Å². The van der Waals surface area contributed by atoms with Gasteiger partial charge in [-0.1, -0.05) is 72.3 Å². The highest BCUT2D eigenvalue weighted by atomic mass is 35.5. The zero-order chi connectivity index (χ0) is 17.9. The summed E-state index contributed by atoms with van der Waals surface area (Å²) in [6.07, 6.45) is 1.72. The molecule has 4 aromatic rings. The molecule has 26 heavy (non-hydrogen) atoms. The number of benzene rings is 3. The van der Waals surface area contributed by atoms with E-state index in [4.69, 9.17) is 16.6 Å². The second kappa shape index (κ2) is 7.11. The maximum Gasteiger partial charge on any atom is 0.136 e. The topological polar surface area (TPSA) is 25.2 Å². The van der Waals surface area contributed by atoms with Gasteiger partial charge in [-0.25, -0.2) is 9.98 Å². The summed E-state index contributed by atoms with van der Waals surface area (Å²) in [5.74, 6) is 0. The van der Waals surface area contributed by atoms with Gasteiger partial charge in [-0.15, -0.1) is 0 Å². The summed E-state index contributed by atoms with van der Waals surface area (Å²) in [7, 11) is 0. The first-order chi connectivity index (χ1) is 12.7. The smallest absolute Gasteiger partial charge is 0.136 e. The van der Waals surface area contributed by atoms with Crippen LogP contribution >= 0.6 is 11.6 Å². The molecule has 0 saturated carbocycles. The lowest BCUT2D eigenvalue weighted by molar-refractivity contribution is 1.35. The Kier molecular flexibility index (Phi) is 4.51. The van der Waals surface area contributed by atoms with E-state index < -0.39 is 0 Å². The van der Waals surface area contributed by atoms with E-state index in [1.54, 1.807) is 6.20 Å². The molecule has 0 aliphatic rings. The van der Waals surface area contributed by atoms with Crippen molar-refractivity contribution in [2.24, 2.45) is 4.99 Å². The largest absolute Gasteiger partial charge is 0.247 e. The standard InChI is InChI=1S/C23H17ClN2/c1-16-14-20-19(12-13-25-23(20)24)15-21(16)26-22(17-8-4-2-5-9-17)18-10-6-3-7-11-18/h2-15H,1H3. The second-order valence-electron chi connectivity index (χ2n) is 6.15. The van der Waals surface area contributed by atoms with Gasteiger partial charge in [0.05, 0.1) is 11.4 Å². The monoisotopic (exact) mass is 356 g/mol. The number of fused-ring (bicyclic) bond motifs is 1. The average Bonchev–Trinajstić information content (AvgIpc) is 2.68. The Balaban J connectivity index is 1.93. The van der Waals surface area contributed by atoms with Gasteiger partial charge < -0.3 is 0 Å². The van der Waals surface area contributed by atoms with E-state index in [0.29, 0.717) is 5.15 Å². The van der Waals surface area contributed by atoms with Crippen molar-refractivity contribution < 1.29 is 0 Å². The molecule has 3 aromatic carbocycles. The van der Waals surface area contributed by atoms with Crippen LogP contribution in [0.3, 0.4) is 0 Å². The highest BCUT2D eigenvalue weighted by molar-refractivity contribution is 6.34. The van der Waals surface area contributed by atoms with Gasteiger partial charge in [-0.2, -0.15) is 0 Å². The fourth-order valence-corrected chi connectivity index (χ4v) is 3.23. The van der Waals surface area contributed by atoms with Crippen LogP contribution in [0.5, 0.6) is 0 Å². The van der Waals surface area contributed by atoms with Gasteiger partial charge in [0.1, 0.15) is 5.15 Å². The van der Waals surface area contributed by atoms with Gasteiger partial charge in [-0.3, -0.25) is 0 Å². The minimum Gasteiger partial charge on any atom is -0.247 e. The van der Waals surface area contributed by atoms with E-state index in [1.165, 1.54) is 0 Å². The molecule has 1 heterocycles. The number of nitrogens with zero attached hydrogens (tertiary/aromatic N) is 2. The molecule has 1 aromatic heterocycles. The van der Waals surface area contributed by atoms with Crippen molar-refractivity contribution >= 4 is 33.8 Å². The SMILES string of the molecule is Cc1cc2c(Cl)nccc2cc1N=C(c1ccccc1)c1ccccc1. The third-order valence-electron chi connectivity index (χ3n) is 4.36. The van der Waals surface area contributed by atoms with E-state index >= 15 is 0 Å². The molecule has 0 bridgehead atoms. The van der Waals surface area contributed by atoms with E-state index in [0.717, 1.165) is 38.9 Å². The molecule has 0 saturated heterocycles. The Morgan fingerprint density at radius 3 is 2.08 bits per heavy atom. The van der Waals surface area contributed by atoms with Gasteiger partial charge in [-0.05, 0) is 36.1 Å². The Morgan fingerprint density at radius 1 is 0.846 bits per heavy atom. The molecule has 0 radical (unpaired) electrons. The number of rotatable bonds is 3. The number of aromatic nitrogens is 1. The second-order valence-corrected chi connectivity index (χ2v) is 6.51. The summed E-state index contributed by atoms with van der Waals surface area (Å²) in [6.45, 7) is 2.05. The lowest BCUT2D eigenvalue weighted by Crippen LogP contribution is -2.02. The molecule has 0 N–H and O–H groups in total. The van der Waals surface area contributed by atoms with Crippen molar-refractivity contribution in [1.29, 1.82) is 0 Å². The molecule has 3 heteroatoms. The molecule has 0 fully saturated rings. The van der Waals surface area contributed by atoms with E-state index in [2.05, 4.69) is 48.3 Å². The number of halogens is 1. The lowest BCUT2D eigenvalue weighted by Gasteiger charge is -2.10. The Hall–Kier alpha value is -2.97. The van der Waals surface area contributed by atoms with Crippen LogP contribution in [0.1, 0.15) is 16.7 Å². The third kappa shape index (κ3) is 3.24. The summed E-state index contributed by atoms with van der Waals surface area (Å²) < 4.78 is 0. The Morgan fingerprint density at radius 2 is 1.46 bits per heavy atom. The maximum atomic E-state index is 6.23. The van der Waals surface area contributed by atoms with Crippen molar-refractivity contribution in [2.45, 2.75) is 6.92 Å². The van der Waals surface area contributed by atoms with Crippen molar-refractivity contribution in [3.8, 4) is 0 Å². The van der Waals surface area contributed by atoms with Crippen LogP contribution in [0.2, 0.25) is 5.15 Å². The van der Waals surface area contributed by atoms with Crippen LogP contribution in [-0.4, -0.2) is 10.7 Å². The van der Waals surface area contributed by atoms with Crippen molar-refractivity contribution in [3.63, 3.8) is 0 Å². The highest BCUT2D eigenvalue weighted by Gasteiger charge is 2.09. The summed E-state index contributed by atoms with van der Waals surface area (Å²) in [5.41, 5.74) is 5.13. The first-order valence-corrected chi connectivity index (χ1v) is 8.84. The van der Waals surface area contributed by atoms with Crippen LogP contribution < -0.4 is 0 Å². The fourth-order valence-electron chi connectivity index (χ4n) is 3.01. The van der Waals surface area contributed by atoms with Crippen LogP contribution in [0.15, 0.2) is 90.1 Å². The van der Waals surface area contributed by atoms with Crippen molar-refractivity contribution in [2.75, 3.05) is 0 Å². The van der Waals surface area contributed by atoms with Crippen molar-refractivity contribution in [1.82, 2.24) is 4.98 Å². The van der Waals surface area contributed by atoms with Gasteiger partial charge in [0.25, 0.3) is 0 Å². The predicted octanol–water partition coefficient (Wildman–Crippen LogP) is 6.37.